The Balaban J connectivity index is 1.70. The van der Waals surface area contributed by atoms with Crippen molar-refractivity contribution in [3.63, 3.8) is 0 Å². The Morgan fingerprint density at radius 1 is 1.00 bits per heavy atom. The predicted octanol–water partition coefficient (Wildman–Crippen LogP) is 6.16. The second-order valence-electron chi connectivity index (χ2n) is 7.11. The summed E-state index contributed by atoms with van der Waals surface area (Å²) in [6.45, 7) is 1.80. The summed E-state index contributed by atoms with van der Waals surface area (Å²) in [6, 6.07) is 14.9. The molecule has 0 amide bonds. The number of aryl methyl sites for hydroxylation is 1. The molecule has 0 aliphatic rings. The summed E-state index contributed by atoms with van der Waals surface area (Å²) in [5, 5.41) is 1.04. The summed E-state index contributed by atoms with van der Waals surface area (Å²) in [4.78, 5) is 12.8. The third-order valence-electron chi connectivity index (χ3n) is 5.26. The summed E-state index contributed by atoms with van der Waals surface area (Å²) in [6.07, 6.45) is 0. The van der Waals surface area contributed by atoms with Gasteiger partial charge in [-0.05, 0) is 54.4 Å². The van der Waals surface area contributed by atoms with Gasteiger partial charge in [0.15, 0.2) is 11.5 Å². The minimum Gasteiger partial charge on any atom is -0.493 e. The minimum absolute atomic E-state index is 0.0516. The van der Waals surface area contributed by atoms with Gasteiger partial charge in [0.05, 0.1) is 24.8 Å². The molecule has 0 unspecified atom stereocenters. The molecule has 0 N–H and O–H groups in total. The molecular formula is C25H20ClFO5. The van der Waals surface area contributed by atoms with Gasteiger partial charge in [0.2, 0.25) is 0 Å². The van der Waals surface area contributed by atoms with E-state index < -0.39 is 11.4 Å². The maximum absolute atomic E-state index is 14.0. The maximum Gasteiger partial charge on any atom is 0.344 e. The Hall–Kier alpha value is -3.51. The summed E-state index contributed by atoms with van der Waals surface area (Å²) in [5.41, 5.74) is 1.99. The van der Waals surface area contributed by atoms with Crippen LogP contribution in [0.4, 0.5) is 4.39 Å². The molecule has 0 atom stereocenters. The summed E-state index contributed by atoms with van der Waals surface area (Å²) in [5.74, 6) is 1.06. The van der Waals surface area contributed by atoms with Gasteiger partial charge in [-0.2, -0.15) is 0 Å². The second kappa shape index (κ2) is 8.93. The standard InChI is InChI=1S/C25H20ClFO5/c1-14-17-9-8-16(31-13-18-19(26)5-4-6-20(18)27)12-22(17)32-25(28)24(14)15-7-10-21(29-2)23(11-15)30-3/h4-12H,13H2,1-3H3. The summed E-state index contributed by atoms with van der Waals surface area (Å²) < 4.78 is 35.9. The molecular weight excluding hydrogens is 435 g/mol. The molecule has 0 fully saturated rings. The van der Waals surface area contributed by atoms with E-state index in [4.69, 9.17) is 30.2 Å². The van der Waals surface area contributed by atoms with Gasteiger partial charge in [0.1, 0.15) is 23.8 Å². The molecule has 0 bridgehead atoms. The largest absolute Gasteiger partial charge is 0.493 e. The molecule has 7 heteroatoms. The Kier molecular flexibility index (Phi) is 6.06. The number of ether oxygens (including phenoxy) is 3. The smallest absolute Gasteiger partial charge is 0.344 e. The fourth-order valence-corrected chi connectivity index (χ4v) is 3.79. The Labute approximate surface area is 188 Å². The van der Waals surface area contributed by atoms with E-state index in [2.05, 4.69) is 0 Å². The van der Waals surface area contributed by atoms with Gasteiger partial charge in [-0.1, -0.05) is 23.7 Å². The number of hydrogen-bond acceptors (Lipinski definition) is 5. The third kappa shape index (κ3) is 4.01. The molecule has 4 rings (SSSR count). The van der Waals surface area contributed by atoms with Gasteiger partial charge >= 0.3 is 5.63 Å². The first-order chi connectivity index (χ1) is 15.4. The van der Waals surface area contributed by atoms with E-state index in [1.165, 1.54) is 19.2 Å². The van der Waals surface area contributed by atoms with E-state index in [9.17, 15) is 9.18 Å². The number of hydrogen-bond donors (Lipinski definition) is 0. The van der Waals surface area contributed by atoms with E-state index in [1.54, 1.807) is 49.6 Å². The highest BCUT2D eigenvalue weighted by Crippen LogP contribution is 2.34. The highest BCUT2D eigenvalue weighted by atomic mass is 35.5. The quantitative estimate of drug-likeness (QED) is 0.327. The Morgan fingerprint density at radius 3 is 2.50 bits per heavy atom. The molecule has 4 aromatic rings. The molecule has 0 radical (unpaired) electrons. The summed E-state index contributed by atoms with van der Waals surface area (Å²) in [7, 11) is 3.08. The fourth-order valence-electron chi connectivity index (χ4n) is 3.58. The van der Waals surface area contributed by atoms with Crippen molar-refractivity contribution in [3.8, 4) is 28.4 Å². The van der Waals surface area contributed by atoms with Crippen molar-refractivity contribution in [2.24, 2.45) is 0 Å². The predicted molar refractivity (Wildman–Crippen MR) is 122 cm³/mol. The van der Waals surface area contributed by atoms with Crippen molar-refractivity contribution in [2.45, 2.75) is 13.5 Å². The minimum atomic E-state index is -0.489. The van der Waals surface area contributed by atoms with Gasteiger partial charge in [-0.3, -0.25) is 0 Å². The van der Waals surface area contributed by atoms with Gasteiger partial charge in [-0.15, -0.1) is 0 Å². The van der Waals surface area contributed by atoms with Crippen molar-refractivity contribution in [1.29, 1.82) is 0 Å². The fraction of sp³-hybridized carbons (Fsp3) is 0.160. The molecule has 5 nitrogen and oxygen atoms in total. The Morgan fingerprint density at radius 2 is 1.78 bits per heavy atom. The molecule has 0 saturated heterocycles. The summed E-state index contributed by atoms with van der Waals surface area (Å²) >= 11 is 6.05. The molecule has 1 aromatic heterocycles. The van der Waals surface area contributed by atoms with Crippen molar-refractivity contribution in [3.05, 3.63) is 87.0 Å². The number of benzene rings is 3. The van der Waals surface area contributed by atoms with Crippen LogP contribution >= 0.6 is 11.6 Å². The van der Waals surface area contributed by atoms with Crippen molar-refractivity contribution in [2.75, 3.05) is 14.2 Å². The van der Waals surface area contributed by atoms with Crippen LogP contribution in [0.2, 0.25) is 5.02 Å². The average Bonchev–Trinajstić information content (AvgIpc) is 2.78. The van der Waals surface area contributed by atoms with Crippen LogP contribution in [0.25, 0.3) is 22.1 Å². The molecule has 3 aromatic carbocycles. The van der Waals surface area contributed by atoms with Crippen LogP contribution in [-0.2, 0) is 6.61 Å². The van der Waals surface area contributed by atoms with E-state index in [0.717, 1.165) is 10.9 Å². The lowest BCUT2D eigenvalue weighted by Gasteiger charge is -2.13. The first-order valence-electron chi connectivity index (χ1n) is 9.78. The SMILES string of the molecule is COc1ccc(-c2c(C)c3ccc(OCc4c(F)cccc4Cl)cc3oc2=O)cc1OC. The molecule has 0 saturated carbocycles. The first kappa shape index (κ1) is 21.7. The highest BCUT2D eigenvalue weighted by molar-refractivity contribution is 6.31. The monoisotopic (exact) mass is 454 g/mol. The van der Waals surface area contributed by atoms with Crippen molar-refractivity contribution in [1.82, 2.24) is 0 Å². The zero-order valence-corrected chi connectivity index (χ0v) is 18.5. The zero-order valence-electron chi connectivity index (χ0n) is 17.7. The van der Waals surface area contributed by atoms with Crippen LogP contribution in [0.1, 0.15) is 11.1 Å². The second-order valence-corrected chi connectivity index (χ2v) is 7.51. The molecule has 0 aliphatic heterocycles. The van der Waals surface area contributed by atoms with Gasteiger partial charge in [0, 0.05) is 17.0 Å². The lowest BCUT2D eigenvalue weighted by Crippen LogP contribution is -2.06. The normalized spacial score (nSPS) is 10.9. The number of halogens is 2. The first-order valence-corrected chi connectivity index (χ1v) is 10.2. The van der Waals surface area contributed by atoms with Crippen LogP contribution in [0.3, 0.4) is 0 Å². The topological polar surface area (TPSA) is 57.9 Å². The van der Waals surface area contributed by atoms with Crippen LogP contribution in [-0.4, -0.2) is 14.2 Å². The van der Waals surface area contributed by atoms with Crippen LogP contribution in [0, 0.1) is 12.7 Å². The van der Waals surface area contributed by atoms with Crippen LogP contribution in [0.15, 0.2) is 63.8 Å². The van der Waals surface area contributed by atoms with Crippen LogP contribution in [0.5, 0.6) is 17.2 Å². The van der Waals surface area contributed by atoms with E-state index in [0.29, 0.717) is 34.0 Å². The van der Waals surface area contributed by atoms with Gasteiger partial charge in [-0.25, -0.2) is 9.18 Å². The van der Waals surface area contributed by atoms with E-state index in [-0.39, 0.29) is 17.2 Å². The van der Waals surface area contributed by atoms with Gasteiger partial charge < -0.3 is 18.6 Å². The number of fused-ring (bicyclic) bond motifs is 1. The molecule has 1 heterocycles. The van der Waals surface area contributed by atoms with E-state index in [1.807, 2.05) is 6.92 Å². The molecule has 32 heavy (non-hydrogen) atoms. The van der Waals surface area contributed by atoms with Gasteiger partial charge in [0.25, 0.3) is 0 Å². The lowest BCUT2D eigenvalue weighted by atomic mass is 9.99. The van der Waals surface area contributed by atoms with Crippen LogP contribution < -0.4 is 19.8 Å². The van der Waals surface area contributed by atoms with E-state index >= 15 is 0 Å². The van der Waals surface area contributed by atoms with Crippen molar-refractivity contribution >= 4 is 22.6 Å². The number of methoxy groups -OCH3 is 2. The average molecular weight is 455 g/mol. The molecule has 164 valence electrons. The third-order valence-corrected chi connectivity index (χ3v) is 5.61. The molecule has 0 spiro atoms. The maximum atomic E-state index is 14.0. The lowest BCUT2D eigenvalue weighted by molar-refractivity contribution is 0.300. The molecule has 0 aliphatic carbocycles. The van der Waals surface area contributed by atoms with Crippen molar-refractivity contribution < 1.29 is 23.0 Å². The Bertz CT molecular complexity index is 1340. The zero-order chi connectivity index (χ0) is 22.8. The number of rotatable bonds is 6. The highest BCUT2D eigenvalue weighted by Gasteiger charge is 2.16.